The molecule has 1 aliphatic rings. The number of hydrogen-bond acceptors (Lipinski definition) is 4. The van der Waals surface area contributed by atoms with E-state index >= 15 is 0 Å². The van der Waals surface area contributed by atoms with Crippen molar-refractivity contribution in [2.24, 2.45) is 5.92 Å². The maximum absolute atomic E-state index is 4.63. The van der Waals surface area contributed by atoms with E-state index in [-0.39, 0.29) is 0 Å². The van der Waals surface area contributed by atoms with Gasteiger partial charge in [-0.3, -0.25) is 4.98 Å². The van der Waals surface area contributed by atoms with Crippen LogP contribution in [0.3, 0.4) is 0 Å². The highest BCUT2D eigenvalue weighted by molar-refractivity contribution is 5.35. The van der Waals surface area contributed by atoms with E-state index in [0.29, 0.717) is 0 Å². The lowest BCUT2D eigenvalue weighted by atomic mass is 10.3. The summed E-state index contributed by atoms with van der Waals surface area (Å²) in [6, 6.07) is 0. The van der Waals surface area contributed by atoms with Crippen LogP contribution in [0, 0.1) is 5.92 Å². The third-order valence-corrected chi connectivity index (χ3v) is 3.02. The van der Waals surface area contributed by atoms with E-state index < -0.39 is 0 Å². The van der Waals surface area contributed by atoms with Crippen molar-refractivity contribution in [2.45, 2.75) is 32.7 Å². The molecule has 0 amide bonds. The summed E-state index contributed by atoms with van der Waals surface area (Å²) in [6.07, 6.45) is 7.59. The molecule has 1 saturated carbocycles. The molecule has 1 N–H and O–H groups in total. The Kier molecular flexibility index (Phi) is 4.31. The number of nitrogens with one attached hydrogen (secondary N) is 1. The molecule has 0 spiro atoms. The van der Waals surface area contributed by atoms with Gasteiger partial charge in [-0.25, -0.2) is 4.98 Å². The molecular weight excluding hydrogens is 212 g/mol. The molecule has 1 aromatic heterocycles. The second-order valence-corrected chi connectivity index (χ2v) is 4.87. The van der Waals surface area contributed by atoms with Crippen LogP contribution in [0.5, 0.6) is 0 Å². The Labute approximate surface area is 103 Å². The van der Waals surface area contributed by atoms with Gasteiger partial charge in [-0.15, -0.1) is 0 Å². The molecule has 4 nitrogen and oxygen atoms in total. The van der Waals surface area contributed by atoms with Gasteiger partial charge in [-0.1, -0.05) is 6.92 Å². The Morgan fingerprint density at radius 3 is 2.94 bits per heavy atom. The second-order valence-electron chi connectivity index (χ2n) is 4.87. The van der Waals surface area contributed by atoms with E-state index in [2.05, 4.69) is 34.2 Å². The summed E-state index contributed by atoms with van der Waals surface area (Å²) in [7, 11) is 2.10. The summed E-state index contributed by atoms with van der Waals surface area (Å²) in [5.74, 6) is 1.87. The fourth-order valence-corrected chi connectivity index (χ4v) is 1.84. The third kappa shape index (κ3) is 3.97. The molecule has 0 atom stereocenters. The summed E-state index contributed by atoms with van der Waals surface area (Å²) >= 11 is 0. The first-order chi connectivity index (χ1) is 8.29. The minimum atomic E-state index is 0.811. The minimum absolute atomic E-state index is 0.811. The van der Waals surface area contributed by atoms with Gasteiger partial charge in [0.2, 0.25) is 0 Å². The van der Waals surface area contributed by atoms with Gasteiger partial charge in [0.05, 0.1) is 11.9 Å². The van der Waals surface area contributed by atoms with Crippen LogP contribution in [0.1, 0.15) is 31.9 Å². The summed E-state index contributed by atoms with van der Waals surface area (Å²) in [5.41, 5.74) is 1.03. The highest BCUT2D eigenvalue weighted by Crippen LogP contribution is 2.30. The zero-order chi connectivity index (χ0) is 12.1. The van der Waals surface area contributed by atoms with Crippen LogP contribution in [-0.4, -0.2) is 30.1 Å². The molecule has 1 aliphatic carbocycles. The molecule has 0 aromatic carbocycles. The van der Waals surface area contributed by atoms with Crippen LogP contribution in [-0.2, 0) is 6.54 Å². The number of rotatable bonds is 7. The monoisotopic (exact) mass is 234 g/mol. The van der Waals surface area contributed by atoms with Crippen molar-refractivity contribution in [2.75, 3.05) is 25.0 Å². The van der Waals surface area contributed by atoms with Crippen LogP contribution in [0.25, 0.3) is 0 Å². The first-order valence-corrected chi connectivity index (χ1v) is 6.52. The van der Waals surface area contributed by atoms with Crippen molar-refractivity contribution < 1.29 is 0 Å². The SMILES string of the molecule is CCCNCc1cncc(N(C)CC2CC2)n1. The zero-order valence-corrected chi connectivity index (χ0v) is 10.8. The van der Waals surface area contributed by atoms with Gasteiger partial charge in [-0.05, 0) is 31.7 Å². The summed E-state index contributed by atoms with van der Waals surface area (Å²) < 4.78 is 0. The molecule has 1 aromatic rings. The Morgan fingerprint density at radius 1 is 1.41 bits per heavy atom. The lowest BCUT2D eigenvalue weighted by Crippen LogP contribution is -2.22. The van der Waals surface area contributed by atoms with Crippen LogP contribution in [0.15, 0.2) is 12.4 Å². The summed E-state index contributed by atoms with van der Waals surface area (Å²) in [4.78, 5) is 11.1. The maximum atomic E-state index is 4.63. The fourth-order valence-electron chi connectivity index (χ4n) is 1.84. The summed E-state index contributed by atoms with van der Waals surface area (Å²) in [5, 5.41) is 3.35. The standard InChI is InChI=1S/C13H22N4/c1-3-6-14-7-12-8-15-9-13(16-12)17(2)10-11-4-5-11/h8-9,11,14H,3-7,10H2,1-2H3. The van der Waals surface area contributed by atoms with E-state index in [0.717, 1.165) is 43.5 Å². The smallest absolute Gasteiger partial charge is 0.147 e. The van der Waals surface area contributed by atoms with Gasteiger partial charge in [0, 0.05) is 26.3 Å². The van der Waals surface area contributed by atoms with Gasteiger partial charge in [-0.2, -0.15) is 0 Å². The normalized spacial score (nSPS) is 14.9. The molecule has 0 bridgehead atoms. The number of hydrogen-bond donors (Lipinski definition) is 1. The van der Waals surface area contributed by atoms with E-state index in [9.17, 15) is 0 Å². The van der Waals surface area contributed by atoms with Crippen molar-refractivity contribution in [3.05, 3.63) is 18.1 Å². The van der Waals surface area contributed by atoms with Crippen molar-refractivity contribution in [1.82, 2.24) is 15.3 Å². The van der Waals surface area contributed by atoms with Crippen LogP contribution in [0.4, 0.5) is 5.82 Å². The van der Waals surface area contributed by atoms with Crippen molar-refractivity contribution >= 4 is 5.82 Å². The van der Waals surface area contributed by atoms with Crippen molar-refractivity contribution in [1.29, 1.82) is 0 Å². The Hall–Kier alpha value is -1.16. The van der Waals surface area contributed by atoms with Crippen LogP contribution >= 0.6 is 0 Å². The minimum Gasteiger partial charge on any atom is -0.358 e. The molecule has 0 aliphatic heterocycles. The Morgan fingerprint density at radius 2 is 2.24 bits per heavy atom. The second kappa shape index (κ2) is 5.96. The molecule has 0 radical (unpaired) electrons. The molecule has 0 saturated heterocycles. The molecule has 17 heavy (non-hydrogen) atoms. The molecule has 2 rings (SSSR count). The topological polar surface area (TPSA) is 41.1 Å². The molecule has 94 valence electrons. The maximum Gasteiger partial charge on any atom is 0.147 e. The van der Waals surface area contributed by atoms with Gasteiger partial charge >= 0.3 is 0 Å². The van der Waals surface area contributed by atoms with E-state index in [1.165, 1.54) is 12.8 Å². The average Bonchev–Trinajstić information content (AvgIpc) is 3.14. The third-order valence-electron chi connectivity index (χ3n) is 3.02. The van der Waals surface area contributed by atoms with E-state index in [1.54, 1.807) is 0 Å². The number of aromatic nitrogens is 2. The van der Waals surface area contributed by atoms with Gasteiger partial charge in [0.15, 0.2) is 0 Å². The molecule has 1 fully saturated rings. The lowest BCUT2D eigenvalue weighted by Gasteiger charge is -2.17. The number of anilines is 1. The van der Waals surface area contributed by atoms with Crippen molar-refractivity contribution in [3.8, 4) is 0 Å². The Balaban J connectivity index is 1.90. The zero-order valence-electron chi connectivity index (χ0n) is 10.8. The van der Waals surface area contributed by atoms with E-state index in [1.807, 2.05) is 12.4 Å². The van der Waals surface area contributed by atoms with Gasteiger partial charge in [0.25, 0.3) is 0 Å². The van der Waals surface area contributed by atoms with Gasteiger partial charge in [0.1, 0.15) is 5.82 Å². The predicted octanol–water partition coefficient (Wildman–Crippen LogP) is 1.82. The van der Waals surface area contributed by atoms with Crippen LogP contribution < -0.4 is 10.2 Å². The Bertz CT molecular complexity index is 349. The molecule has 0 unspecified atom stereocenters. The predicted molar refractivity (Wildman–Crippen MR) is 70.0 cm³/mol. The van der Waals surface area contributed by atoms with Gasteiger partial charge < -0.3 is 10.2 Å². The van der Waals surface area contributed by atoms with Crippen molar-refractivity contribution in [3.63, 3.8) is 0 Å². The quantitative estimate of drug-likeness (QED) is 0.731. The highest BCUT2D eigenvalue weighted by Gasteiger charge is 2.23. The molecular formula is C13H22N4. The highest BCUT2D eigenvalue weighted by atomic mass is 15.2. The largest absolute Gasteiger partial charge is 0.358 e. The first-order valence-electron chi connectivity index (χ1n) is 6.52. The van der Waals surface area contributed by atoms with Crippen LogP contribution in [0.2, 0.25) is 0 Å². The lowest BCUT2D eigenvalue weighted by molar-refractivity contribution is 0.660. The fraction of sp³-hybridized carbons (Fsp3) is 0.692. The number of nitrogens with zero attached hydrogens (tertiary/aromatic N) is 3. The first kappa shape index (κ1) is 12.3. The molecule has 4 heteroatoms. The molecule has 1 heterocycles. The van der Waals surface area contributed by atoms with E-state index in [4.69, 9.17) is 0 Å². The summed E-state index contributed by atoms with van der Waals surface area (Å²) in [6.45, 7) is 5.12. The average molecular weight is 234 g/mol.